The van der Waals surface area contributed by atoms with Crippen molar-refractivity contribution in [3.05, 3.63) is 57.6 Å². The van der Waals surface area contributed by atoms with E-state index in [1.165, 1.54) is 12.1 Å². The number of carbonyl (C=O) groups is 1. The molecule has 0 radical (unpaired) electrons. The van der Waals surface area contributed by atoms with Crippen molar-refractivity contribution in [3.8, 4) is 11.4 Å². The smallest absolute Gasteiger partial charge is 0.369 e. The minimum atomic E-state index is -4.71. The molecule has 4 rings (SSSR count). The molecule has 2 heterocycles. The third kappa shape index (κ3) is 5.17. The molecule has 12 heteroatoms. The summed E-state index contributed by atoms with van der Waals surface area (Å²) in [4.78, 5) is 32.9. The summed E-state index contributed by atoms with van der Waals surface area (Å²) in [6, 6.07) is 8.81. The fourth-order valence-electron chi connectivity index (χ4n) is 3.93. The van der Waals surface area contributed by atoms with Gasteiger partial charge in [-0.2, -0.15) is 13.2 Å². The number of piperazine rings is 1. The van der Waals surface area contributed by atoms with Crippen molar-refractivity contribution in [1.29, 1.82) is 0 Å². The highest BCUT2D eigenvalue weighted by Gasteiger charge is 2.48. The van der Waals surface area contributed by atoms with Crippen LogP contribution in [-0.2, 0) is 11.3 Å². The lowest BCUT2D eigenvalue weighted by molar-refractivity contribution is -0.188. The predicted molar refractivity (Wildman–Crippen MR) is 130 cm³/mol. The summed E-state index contributed by atoms with van der Waals surface area (Å²) in [7, 11) is 0. The molecule has 0 aliphatic carbocycles. The molecule has 1 fully saturated rings. The van der Waals surface area contributed by atoms with Crippen LogP contribution >= 0.6 is 11.6 Å². The van der Waals surface area contributed by atoms with Crippen LogP contribution in [-0.4, -0.2) is 53.4 Å². The maximum atomic E-state index is 13.8. The van der Waals surface area contributed by atoms with Crippen LogP contribution in [0, 0.1) is 5.82 Å². The number of fused-ring (bicyclic) bond motifs is 1. The number of halogens is 5. The van der Waals surface area contributed by atoms with Gasteiger partial charge in [-0.1, -0.05) is 11.6 Å². The molecule has 7 nitrogen and oxygen atoms in total. The summed E-state index contributed by atoms with van der Waals surface area (Å²) in [5.74, 6) is -1.75. The minimum Gasteiger partial charge on any atom is -0.369 e. The number of alkyl halides is 3. The number of benzene rings is 2. The Morgan fingerprint density at radius 1 is 1.14 bits per heavy atom. The fraction of sp³-hybridized carbons (Fsp3) is 0.375. The molecule has 2 N–H and O–H groups in total. The minimum absolute atomic E-state index is 0.0238. The standard InChI is InChI=1S/C24H24ClF4N5O2/c1-23(2,24(27,28)29)32-20(35)13-34-21(14-3-5-18(26)17(25)11-14)31-19-6-4-15(12-16(19)22(34)36)33-9-7-30-8-10-33/h3-6,11-12,30H,7-10,13H2,1-2H3,(H,32,35). The Morgan fingerprint density at radius 3 is 2.47 bits per heavy atom. The second kappa shape index (κ2) is 9.70. The van der Waals surface area contributed by atoms with Crippen molar-refractivity contribution >= 4 is 34.1 Å². The molecule has 1 amide bonds. The molecule has 192 valence electrons. The summed E-state index contributed by atoms with van der Waals surface area (Å²) in [6.45, 7) is 3.94. The number of hydrogen-bond donors (Lipinski definition) is 2. The number of carbonyl (C=O) groups excluding carboxylic acids is 1. The van der Waals surface area contributed by atoms with E-state index in [9.17, 15) is 27.2 Å². The molecule has 3 aromatic rings. The number of amides is 1. The highest BCUT2D eigenvalue weighted by molar-refractivity contribution is 6.31. The monoisotopic (exact) mass is 525 g/mol. The zero-order chi connectivity index (χ0) is 26.3. The van der Waals surface area contributed by atoms with Gasteiger partial charge in [0.05, 0.1) is 15.9 Å². The molecule has 0 unspecified atom stereocenters. The molecular formula is C24H24ClF4N5O2. The van der Waals surface area contributed by atoms with E-state index in [0.717, 1.165) is 56.3 Å². The average Bonchev–Trinajstić information content (AvgIpc) is 2.82. The van der Waals surface area contributed by atoms with Gasteiger partial charge in [-0.3, -0.25) is 14.2 Å². The van der Waals surface area contributed by atoms with Gasteiger partial charge in [-0.05, 0) is 50.2 Å². The highest BCUT2D eigenvalue weighted by Crippen LogP contribution is 2.30. The Hall–Kier alpha value is -3.18. The first-order valence-electron chi connectivity index (χ1n) is 11.2. The molecular weight excluding hydrogens is 502 g/mol. The van der Waals surface area contributed by atoms with Gasteiger partial charge in [0.2, 0.25) is 5.91 Å². The van der Waals surface area contributed by atoms with Crippen molar-refractivity contribution in [1.82, 2.24) is 20.2 Å². The van der Waals surface area contributed by atoms with E-state index in [1.807, 2.05) is 11.4 Å². The summed E-state index contributed by atoms with van der Waals surface area (Å²) >= 11 is 5.92. The second-order valence-electron chi connectivity index (χ2n) is 9.07. The first kappa shape index (κ1) is 25.9. The molecule has 1 aromatic heterocycles. The molecule has 1 aliphatic heterocycles. The van der Waals surface area contributed by atoms with Crippen molar-refractivity contribution in [2.45, 2.75) is 32.1 Å². The zero-order valence-corrected chi connectivity index (χ0v) is 20.3. The van der Waals surface area contributed by atoms with Crippen LogP contribution in [0.25, 0.3) is 22.3 Å². The maximum Gasteiger partial charge on any atom is 0.410 e. The Kier molecular flexibility index (Phi) is 6.98. The predicted octanol–water partition coefficient (Wildman–Crippen LogP) is 3.72. The van der Waals surface area contributed by atoms with E-state index >= 15 is 0 Å². The van der Waals surface area contributed by atoms with Crippen molar-refractivity contribution in [2.24, 2.45) is 0 Å². The van der Waals surface area contributed by atoms with Crippen molar-refractivity contribution in [2.75, 3.05) is 31.1 Å². The van der Waals surface area contributed by atoms with E-state index in [2.05, 4.69) is 15.2 Å². The Balaban J connectivity index is 1.83. The van der Waals surface area contributed by atoms with Crippen LogP contribution < -0.4 is 21.1 Å². The van der Waals surface area contributed by atoms with E-state index in [-0.39, 0.29) is 21.8 Å². The summed E-state index contributed by atoms with van der Waals surface area (Å²) in [5.41, 5.74) is -1.80. The Bertz CT molecular complexity index is 1370. The van der Waals surface area contributed by atoms with Gasteiger partial charge in [0.25, 0.3) is 5.56 Å². The quantitative estimate of drug-likeness (QED) is 0.496. The third-order valence-electron chi connectivity index (χ3n) is 6.06. The van der Waals surface area contributed by atoms with Crippen LogP contribution in [0.5, 0.6) is 0 Å². The molecule has 0 spiro atoms. The van der Waals surface area contributed by atoms with Gasteiger partial charge < -0.3 is 15.5 Å². The van der Waals surface area contributed by atoms with Gasteiger partial charge in [0.15, 0.2) is 0 Å². The van der Waals surface area contributed by atoms with E-state index in [4.69, 9.17) is 11.6 Å². The van der Waals surface area contributed by atoms with Gasteiger partial charge in [0.1, 0.15) is 23.7 Å². The number of rotatable bonds is 5. The Labute approximate surface area is 209 Å². The first-order chi connectivity index (χ1) is 16.9. The number of aromatic nitrogens is 2. The molecule has 1 saturated heterocycles. The van der Waals surface area contributed by atoms with Gasteiger partial charge in [0, 0.05) is 37.4 Å². The topological polar surface area (TPSA) is 79.3 Å². The lowest BCUT2D eigenvalue weighted by Crippen LogP contribution is -2.55. The fourth-order valence-corrected chi connectivity index (χ4v) is 4.11. The SMILES string of the molecule is CC(C)(NC(=O)Cn1c(-c2ccc(F)c(Cl)c2)nc2ccc(N3CCNCC3)cc2c1=O)C(F)(F)F. The first-order valence-corrected chi connectivity index (χ1v) is 11.6. The van der Waals surface area contributed by atoms with E-state index in [1.54, 1.807) is 12.1 Å². The summed E-state index contributed by atoms with van der Waals surface area (Å²) < 4.78 is 54.7. The van der Waals surface area contributed by atoms with Gasteiger partial charge >= 0.3 is 6.18 Å². The molecule has 0 bridgehead atoms. The van der Waals surface area contributed by atoms with Crippen LogP contribution in [0.2, 0.25) is 5.02 Å². The average molecular weight is 526 g/mol. The van der Waals surface area contributed by atoms with Crippen LogP contribution in [0.1, 0.15) is 13.8 Å². The zero-order valence-electron chi connectivity index (χ0n) is 19.5. The highest BCUT2D eigenvalue weighted by atomic mass is 35.5. The third-order valence-corrected chi connectivity index (χ3v) is 6.35. The van der Waals surface area contributed by atoms with Crippen LogP contribution in [0.15, 0.2) is 41.2 Å². The van der Waals surface area contributed by atoms with Crippen LogP contribution in [0.4, 0.5) is 23.2 Å². The number of anilines is 1. The Morgan fingerprint density at radius 2 is 1.83 bits per heavy atom. The van der Waals surface area contributed by atoms with Crippen molar-refractivity contribution < 1.29 is 22.4 Å². The second-order valence-corrected chi connectivity index (χ2v) is 9.47. The van der Waals surface area contributed by atoms with Gasteiger partial charge in [-0.25, -0.2) is 9.37 Å². The largest absolute Gasteiger partial charge is 0.410 e. The number of nitrogens with one attached hydrogen (secondary N) is 2. The molecule has 2 aromatic carbocycles. The molecule has 1 aliphatic rings. The van der Waals surface area contributed by atoms with E-state index in [0.29, 0.717) is 5.52 Å². The summed E-state index contributed by atoms with van der Waals surface area (Å²) in [6.07, 6.45) is -4.71. The van der Waals surface area contributed by atoms with Crippen molar-refractivity contribution in [3.63, 3.8) is 0 Å². The molecule has 0 saturated carbocycles. The lowest BCUT2D eigenvalue weighted by atomic mass is 10.1. The number of nitrogens with zero attached hydrogens (tertiary/aromatic N) is 3. The maximum absolute atomic E-state index is 13.8. The number of hydrogen-bond acceptors (Lipinski definition) is 5. The normalized spacial score (nSPS) is 14.8. The molecule has 0 atom stereocenters. The van der Waals surface area contributed by atoms with Gasteiger partial charge in [-0.15, -0.1) is 0 Å². The van der Waals surface area contributed by atoms with Crippen LogP contribution in [0.3, 0.4) is 0 Å². The lowest BCUT2D eigenvalue weighted by Gasteiger charge is -2.30. The molecule has 36 heavy (non-hydrogen) atoms. The summed E-state index contributed by atoms with van der Waals surface area (Å²) in [5, 5.41) is 5.14. The van der Waals surface area contributed by atoms with E-state index < -0.39 is 35.5 Å².